The van der Waals surface area contributed by atoms with Crippen molar-refractivity contribution in [2.45, 2.75) is 26.7 Å². The van der Waals surface area contributed by atoms with E-state index in [4.69, 9.17) is 0 Å². The van der Waals surface area contributed by atoms with Crippen LogP contribution in [0.2, 0.25) is 0 Å². The maximum Gasteiger partial charge on any atom is 0.271 e. The highest BCUT2D eigenvalue weighted by molar-refractivity contribution is 7.89. The summed E-state index contributed by atoms with van der Waals surface area (Å²) in [5.41, 5.74) is 0.988. The monoisotopic (exact) mass is 355 g/mol. The minimum atomic E-state index is -3.32. The van der Waals surface area contributed by atoms with Gasteiger partial charge < -0.3 is 5.32 Å². The molecule has 0 bridgehead atoms. The number of nitro groups is 1. The molecular formula is C15H21N3O5S. The number of hydrogen-bond acceptors (Lipinski definition) is 5. The first-order valence-electron chi connectivity index (χ1n) is 7.78. The Bertz CT molecular complexity index is 747. The van der Waals surface area contributed by atoms with E-state index in [1.165, 1.54) is 16.4 Å². The summed E-state index contributed by atoms with van der Waals surface area (Å²) in [7, 11) is -3.32. The second kappa shape index (κ2) is 7.27. The van der Waals surface area contributed by atoms with Crippen LogP contribution in [0.1, 0.15) is 25.3 Å². The van der Waals surface area contributed by atoms with Crippen LogP contribution in [0.25, 0.3) is 0 Å². The van der Waals surface area contributed by atoms with Crippen LogP contribution in [0.15, 0.2) is 18.2 Å². The van der Waals surface area contributed by atoms with E-state index < -0.39 is 20.9 Å². The molecule has 1 fully saturated rings. The summed E-state index contributed by atoms with van der Waals surface area (Å²) in [5, 5.41) is 13.6. The number of non-ortho nitro benzene ring substituents is 1. The van der Waals surface area contributed by atoms with Gasteiger partial charge in [0, 0.05) is 25.2 Å². The number of sulfonamides is 1. The van der Waals surface area contributed by atoms with Crippen molar-refractivity contribution in [2.75, 3.05) is 24.2 Å². The summed E-state index contributed by atoms with van der Waals surface area (Å²) in [6.07, 6.45) is 1.21. The predicted octanol–water partition coefficient (Wildman–Crippen LogP) is 1.90. The molecule has 0 aliphatic carbocycles. The van der Waals surface area contributed by atoms with Crippen LogP contribution in [0.5, 0.6) is 0 Å². The third-order valence-corrected chi connectivity index (χ3v) is 6.05. The van der Waals surface area contributed by atoms with Crippen LogP contribution in [-0.2, 0) is 14.8 Å². The smallest absolute Gasteiger partial charge is 0.271 e. The Balaban J connectivity index is 2.12. The van der Waals surface area contributed by atoms with Crippen LogP contribution in [0, 0.1) is 23.0 Å². The number of hydrogen-bond donors (Lipinski definition) is 1. The lowest BCUT2D eigenvalue weighted by Crippen LogP contribution is -2.44. The largest absolute Gasteiger partial charge is 0.325 e. The average Bonchev–Trinajstić information content (AvgIpc) is 2.56. The van der Waals surface area contributed by atoms with Crippen LogP contribution in [0.3, 0.4) is 0 Å². The van der Waals surface area contributed by atoms with Crippen molar-refractivity contribution in [1.29, 1.82) is 0 Å². The van der Waals surface area contributed by atoms with E-state index in [1.54, 1.807) is 19.9 Å². The van der Waals surface area contributed by atoms with E-state index in [2.05, 4.69) is 5.32 Å². The molecule has 1 amide bonds. The van der Waals surface area contributed by atoms with Gasteiger partial charge in [-0.2, -0.15) is 0 Å². The zero-order valence-electron chi connectivity index (χ0n) is 13.7. The molecule has 0 saturated carbocycles. The van der Waals surface area contributed by atoms with Gasteiger partial charge in [-0.15, -0.1) is 0 Å². The van der Waals surface area contributed by atoms with Crippen molar-refractivity contribution < 1.29 is 18.1 Å². The Labute approximate surface area is 141 Å². The fraction of sp³-hybridized carbons (Fsp3) is 0.533. The SMILES string of the molecule is CCS(=O)(=O)N1CCC[C@@H](C(=O)Nc2cc([N+](=O)[O-])ccc2C)C1. The van der Waals surface area contributed by atoms with Crippen LogP contribution >= 0.6 is 0 Å². The molecule has 2 rings (SSSR count). The zero-order chi connectivity index (χ0) is 17.9. The van der Waals surface area contributed by atoms with Gasteiger partial charge in [0.25, 0.3) is 5.69 Å². The van der Waals surface area contributed by atoms with E-state index in [-0.39, 0.29) is 23.9 Å². The number of amides is 1. The van der Waals surface area contributed by atoms with E-state index in [1.807, 2.05) is 0 Å². The van der Waals surface area contributed by atoms with E-state index in [0.717, 1.165) is 0 Å². The molecular weight excluding hydrogens is 334 g/mol. The van der Waals surface area contributed by atoms with Crippen molar-refractivity contribution in [3.63, 3.8) is 0 Å². The molecule has 0 radical (unpaired) electrons. The number of nitrogens with zero attached hydrogens (tertiary/aromatic N) is 2. The topological polar surface area (TPSA) is 110 Å². The van der Waals surface area contributed by atoms with Crippen molar-refractivity contribution in [3.05, 3.63) is 33.9 Å². The number of aryl methyl sites for hydroxylation is 1. The minimum absolute atomic E-state index is 0.00528. The molecule has 0 spiro atoms. The van der Waals surface area contributed by atoms with Crippen LogP contribution in [0.4, 0.5) is 11.4 Å². The Kier molecular flexibility index (Phi) is 5.55. The third kappa shape index (κ3) is 4.09. The lowest BCUT2D eigenvalue weighted by Gasteiger charge is -2.31. The van der Waals surface area contributed by atoms with Gasteiger partial charge in [-0.25, -0.2) is 12.7 Å². The molecule has 8 nitrogen and oxygen atoms in total. The fourth-order valence-corrected chi connectivity index (χ4v) is 3.86. The molecule has 1 N–H and O–H groups in total. The van der Waals surface area contributed by atoms with Crippen molar-refractivity contribution in [3.8, 4) is 0 Å². The minimum Gasteiger partial charge on any atom is -0.325 e. The Morgan fingerprint density at radius 1 is 1.46 bits per heavy atom. The number of nitro benzene ring substituents is 1. The molecule has 0 aromatic heterocycles. The number of carbonyl (C=O) groups is 1. The highest BCUT2D eigenvalue weighted by atomic mass is 32.2. The second-order valence-electron chi connectivity index (χ2n) is 5.84. The van der Waals surface area contributed by atoms with Gasteiger partial charge in [-0.1, -0.05) is 6.07 Å². The van der Waals surface area contributed by atoms with Crippen LogP contribution < -0.4 is 5.32 Å². The quantitative estimate of drug-likeness (QED) is 0.641. The van der Waals surface area contributed by atoms with Gasteiger partial charge in [-0.05, 0) is 32.3 Å². The molecule has 0 unspecified atom stereocenters. The number of benzene rings is 1. The van der Waals surface area contributed by atoms with Gasteiger partial charge in [0.05, 0.1) is 22.3 Å². The van der Waals surface area contributed by atoms with E-state index in [9.17, 15) is 23.3 Å². The predicted molar refractivity (Wildman–Crippen MR) is 90.2 cm³/mol. The summed E-state index contributed by atoms with van der Waals surface area (Å²) in [6, 6.07) is 4.26. The first-order chi connectivity index (χ1) is 11.2. The standard InChI is InChI=1S/C15H21N3O5S/c1-3-24(22,23)17-8-4-5-12(10-17)15(19)16-14-9-13(18(20)21)7-6-11(14)2/h6-7,9,12H,3-5,8,10H2,1-2H3,(H,16,19)/t12-/m1/s1. The van der Waals surface area contributed by atoms with Crippen molar-refractivity contribution in [2.24, 2.45) is 5.92 Å². The zero-order valence-corrected chi connectivity index (χ0v) is 14.5. The van der Waals surface area contributed by atoms with Gasteiger partial charge in [0.15, 0.2) is 0 Å². The molecule has 1 aliphatic rings. The average molecular weight is 355 g/mol. The number of nitrogens with one attached hydrogen (secondary N) is 1. The third-order valence-electron chi connectivity index (χ3n) is 4.20. The molecule has 9 heteroatoms. The summed E-state index contributed by atoms with van der Waals surface area (Å²) >= 11 is 0. The number of carbonyl (C=O) groups excluding carboxylic acids is 1. The fourth-order valence-electron chi connectivity index (χ4n) is 2.68. The molecule has 132 valence electrons. The lowest BCUT2D eigenvalue weighted by molar-refractivity contribution is -0.384. The van der Waals surface area contributed by atoms with Gasteiger partial charge >= 0.3 is 0 Å². The number of piperidine rings is 1. The summed E-state index contributed by atoms with van der Waals surface area (Å²) in [4.78, 5) is 22.8. The second-order valence-corrected chi connectivity index (χ2v) is 8.10. The molecule has 1 aromatic rings. The van der Waals surface area contributed by atoms with Crippen molar-refractivity contribution in [1.82, 2.24) is 4.31 Å². The Morgan fingerprint density at radius 3 is 2.79 bits per heavy atom. The molecule has 1 saturated heterocycles. The molecule has 1 atom stereocenters. The first kappa shape index (κ1) is 18.3. The lowest BCUT2D eigenvalue weighted by atomic mass is 9.98. The Morgan fingerprint density at radius 2 is 2.17 bits per heavy atom. The van der Waals surface area contributed by atoms with Crippen molar-refractivity contribution >= 4 is 27.3 Å². The van der Waals surface area contributed by atoms with E-state index >= 15 is 0 Å². The summed E-state index contributed by atoms with van der Waals surface area (Å²) in [5.74, 6) is -0.765. The maximum atomic E-state index is 12.5. The Hall–Kier alpha value is -2.00. The van der Waals surface area contributed by atoms with E-state index in [0.29, 0.717) is 30.6 Å². The summed E-state index contributed by atoms with van der Waals surface area (Å²) in [6.45, 7) is 3.89. The number of anilines is 1. The molecule has 24 heavy (non-hydrogen) atoms. The van der Waals surface area contributed by atoms with Crippen LogP contribution in [-0.4, -0.2) is 42.4 Å². The number of rotatable bonds is 5. The summed E-state index contributed by atoms with van der Waals surface area (Å²) < 4.78 is 25.3. The molecule has 1 heterocycles. The van der Waals surface area contributed by atoms with Gasteiger partial charge in [0.2, 0.25) is 15.9 Å². The highest BCUT2D eigenvalue weighted by Crippen LogP contribution is 2.25. The highest BCUT2D eigenvalue weighted by Gasteiger charge is 2.31. The van der Waals surface area contributed by atoms with Gasteiger partial charge in [-0.3, -0.25) is 14.9 Å². The normalized spacial score (nSPS) is 19.0. The maximum absolute atomic E-state index is 12.5. The molecule has 1 aliphatic heterocycles. The molecule has 1 aromatic carbocycles. The first-order valence-corrected chi connectivity index (χ1v) is 9.39. The van der Waals surface area contributed by atoms with Gasteiger partial charge in [0.1, 0.15) is 0 Å².